The Labute approximate surface area is 176 Å². The van der Waals surface area contributed by atoms with Crippen molar-refractivity contribution in [2.75, 3.05) is 19.3 Å². The lowest BCUT2D eigenvalue weighted by atomic mass is 10.1. The summed E-state index contributed by atoms with van der Waals surface area (Å²) in [6, 6.07) is 10.5. The van der Waals surface area contributed by atoms with Crippen LogP contribution in [0.15, 0.2) is 41.3 Å². The zero-order valence-electron chi connectivity index (χ0n) is 15.9. The van der Waals surface area contributed by atoms with E-state index in [2.05, 4.69) is 11.8 Å². The molecule has 3 atom stereocenters. The van der Waals surface area contributed by atoms with Gasteiger partial charge < -0.3 is 4.74 Å². The van der Waals surface area contributed by atoms with E-state index in [1.165, 1.54) is 12.7 Å². The van der Waals surface area contributed by atoms with Crippen molar-refractivity contribution in [1.82, 2.24) is 4.90 Å². The molecule has 2 aliphatic rings. The van der Waals surface area contributed by atoms with Crippen molar-refractivity contribution in [2.24, 2.45) is 5.92 Å². The molecule has 2 aromatic carbocycles. The number of benzene rings is 2. The second-order valence-corrected chi connectivity index (χ2v) is 10.8. The average molecular weight is 440 g/mol. The van der Waals surface area contributed by atoms with E-state index in [0.717, 1.165) is 30.6 Å². The fraction of sp³-hybridized carbons (Fsp3) is 0.429. The smallest absolute Gasteiger partial charge is 0.175 e. The van der Waals surface area contributed by atoms with Gasteiger partial charge in [0.1, 0.15) is 11.9 Å². The van der Waals surface area contributed by atoms with E-state index in [4.69, 9.17) is 27.9 Å². The third kappa shape index (κ3) is 3.90. The molecule has 0 aromatic heterocycles. The summed E-state index contributed by atoms with van der Waals surface area (Å²) in [5.41, 5.74) is 2.11. The molecule has 0 saturated carbocycles. The summed E-state index contributed by atoms with van der Waals surface area (Å²) in [6.45, 7) is 4.35. The van der Waals surface area contributed by atoms with Crippen LogP contribution in [0.1, 0.15) is 30.6 Å². The third-order valence-electron chi connectivity index (χ3n) is 5.70. The van der Waals surface area contributed by atoms with Crippen LogP contribution in [0.3, 0.4) is 0 Å². The summed E-state index contributed by atoms with van der Waals surface area (Å²) in [5.74, 6) is 1.30. The lowest BCUT2D eigenvalue weighted by molar-refractivity contribution is 0.0919. The molecule has 0 amide bonds. The highest BCUT2D eigenvalue weighted by Gasteiger charge is 2.41. The molecule has 0 bridgehead atoms. The van der Waals surface area contributed by atoms with Crippen LogP contribution in [0.5, 0.6) is 5.75 Å². The highest BCUT2D eigenvalue weighted by Crippen LogP contribution is 2.43. The molecule has 4 rings (SSSR count). The minimum absolute atomic E-state index is 0.186. The van der Waals surface area contributed by atoms with Crippen molar-refractivity contribution < 1.29 is 13.2 Å². The van der Waals surface area contributed by atoms with E-state index >= 15 is 0 Å². The lowest BCUT2D eigenvalue weighted by Gasteiger charge is -2.30. The van der Waals surface area contributed by atoms with Gasteiger partial charge in [-0.1, -0.05) is 30.1 Å². The Hall–Kier alpha value is -1.27. The van der Waals surface area contributed by atoms with Crippen molar-refractivity contribution in [3.63, 3.8) is 0 Å². The Morgan fingerprint density at radius 2 is 1.86 bits per heavy atom. The summed E-state index contributed by atoms with van der Waals surface area (Å²) in [5, 5.41) is 1.28. The predicted octanol–water partition coefficient (Wildman–Crippen LogP) is 4.78. The monoisotopic (exact) mass is 439 g/mol. The van der Waals surface area contributed by atoms with Gasteiger partial charge in [0, 0.05) is 28.4 Å². The highest BCUT2D eigenvalue weighted by molar-refractivity contribution is 7.90. The van der Waals surface area contributed by atoms with Crippen molar-refractivity contribution in [3.8, 4) is 5.75 Å². The second kappa shape index (κ2) is 7.52. The van der Waals surface area contributed by atoms with E-state index in [-0.39, 0.29) is 17.0 Å². The normalized spacial score (nSPS) is 25.1. The fourth-order valence-corrected chi connectivity index (χ4v) is 5.48. The number of fused-ring (bicyclic) bond motifs is 1. The molecule has 0 radical (unpaired) electrons. The molecule has 0 N–H and O–H groups in total. The van der Waals surface area contributed by atoms with Crippen LogP contribution < -0.4 is 4.74 Å². The van der Waals surface area contributed by atoms with Crippen LogP contribution in [0.2, 0.25) is 10.0 Å². The van der Waals surface area contributed by atoms with Crippen LogP contribution in [0, 0.1) is 5.92 Å². The number of halogens is 2. The maximum absolute atomic E-state index is 11.7. The number of hydrogen-bond acceptors (Lipinski definition) is 4. The van der Waals surface area contributed by atoms with Gasteiger partial charge in [-0.25, -0.2) is 8.42 Å². The lowest BCUT2D eigenvalue weighted by Crippen LogP contribution is -2.38. The van der Waals surface area contributed by atoms with Crippen LogP contribution in [0.4, 0.5) is 0 Å². The number of rotatable bonds is 4. The molecule has 7 heteroatoms. The number of ether oxygens (including phenoxy) is 1. The minimum Gasteiger partial charge on any atom is -0.484 e. The Morgan fingerprint density at radius 3 is 2.46 bits per heavy atom. The van der Waals surface area contributed by atoms with Gasteiger partial charge in [0.25, 0.3) is 0 Å². The molecule has 1 heterocycles. The number of nitrogens with zero attached hydrogens (tertiary/aromatic N) is 1. The molecule has 150 valence electrons. The molecule has 1 aliphatic heterocycles. The van der Waals surface area contributed by atoms with E-state index in [0.29, 0.717) is 21.7 Å². The molecule has 0 spiro atoms. The van der Waals surface area contributed by atoms with E-state index in [1.54, 1.807) is 30.3 Å². The summed E-state index contributed by atoms with van der Waals surface area (Å²) >= 11 is 12.8. The maximum atomic E-state index is 11.7. The first kappa shape index (κ1) is 20.0. The maximum Gasteiger partial charge on any atom is 0.175 e. The summed E-state index contributed by atoms with van der Waals surface area (Å²) in [4.78, 5) is 2.76. The van der Waals surface area contributed by atoms with Crippen molar-refractivity contribution in [3.05, 3.63) is 57.6 Å². The fourth-order valence-electron chi connectivity index (χ4n) is 4.26. The van der Waals surface area contributed by atoms with Crippen LogP contribution in [-0.4, -0.2) is 38.7 Å². The Bertz CT molecular complexity index is 991. The van der Waals surface area contributed by atoms with Crippen LogP contribution in [-0.2, 0) is 16.3 Å². The first-order valence-corrected chi connectivity index (χ1v) is 12.1. The van der Waals surface area contributed by atoms with Gasteiger partial charge in [-0.2, -0.15) is 0 Å². The zero-order valence-corrected chi connectivity index (χ0v) is 18.2. The molecule has 4 nitrogen and oxygen atoms in total. The summed E-state index contributed by atoms with van der Waals surface area (Å²) in [6.07, 6.45) is 3.01. The molecule has 0 unspecified atom stereocenters. The Morgan fingerprint density at radius 1 is 1.14 bits per heavy atom. The van der Waals surface area contributed by atoms with Gasteiger partial charge in [0.2, 0.25) is 0 Å². The van der Waals surface area contributed by atoms with Gasteiger partial charge >= 0.3 is 0 Å². The first-order valence-electron chi connectivity index (χ1n) is 9.41. The zero-order chi connectivity index (χ0) is 20.1. The molecule has 1 aliphatic carbocycles. The highest BCUT2D eigenvalue weighted by atomic mass is 35.5. The summed E-state index contributed by atoms with van der Waals surface area (Å²) < 4.78 is 29.8. The largest absolute Gasteiger partial charge is 0.484 e. The van der Waals surface area contributed by atoms with Gasteiger partial charge in [-0.15, -0.1) is 0 Å². The van der Waals surface area contributed by atoms with E-state index in [1.807, 2.05) is 6.07 Å². The Kier molecular flexibility index (Phi) is 5.38. The molecule has 2 aromatic rings. The SMILES string of the molecule is C[C@H]1CCN([C@H]2Cc3c(Cl)cc(Cl)cc3[C@@H]2Oc2ccc(S(C)(=O)=O)cc2)C1. The topological polar surface area (TPSA) is 46.6 Å². The van der Waals surface area contributed by atoms with E-state index < -0.39 is 9.84 Å². The molecular formula is C21H23Cl2NO3S. The average Bonchev–Trinajstić information content (AvgIpc) is 3.19. The van der Waals surface area contributed by atoms with Gasteiger partial charge in [0.05, 0.1) is 10.9 Å². The molecular weight excluding hydrogens is 417 g/mol. The van der Waals surface area contributed by atoms with Gasteiger partial charge in [-0.05, 0) is 67.3 Å². The standard InChI is InChI=1S/C21H23Cl2NO3S/c1-13-7-8-24(12-13)20-11-17-18(9-14(22)10-19(17)23)21(20)27-15-3-5-16(6-4-15)28(2,25)26/h3-6,9-10,13,20-21H,7-8,11-12H2,1-2H3/t13-,20-,21-/m0/s1. The molecule has 1 fully saturated rings. The molecule has 28 heavy (non-hydrogen) atoms. The summed E-state index contributed by atoms with van der Waals surface area (Å²) in [7, 11) is -3.24. The quantitative estimate of drug-likeness (QED) is 0.687. The van der Waals surface area contributed by atoms with Crippen LogP contribution in [0.25, 0.3) is 0 Å². The predicted molar refractivity (Wildman–Crippen MR) is 112 cm³/mol. The van der Waals surface area contributed by atoms with E-state index in [9.17, 15) is 8.42 Å². The van der Waals surface area contributed by atoms with Crippen LogP contribution >= 0.6 is 23.2 Å². The third-order valence-corrected chi connectivity index (χ3v) is 7.39. The first-order chi connectivity index (χ1) is 13.2. The van der Waals surface area contributed by atoms with Gasteiger partial charge in [-0.3, -0.25) is 4.90 Å². The number of likely N-dealkylation sites (tertiary alicyclic amines) is 1. The second-order valence-electron chi connectivity index (χ2n) is 7.90. The van der Waals surface area contributed by atoms with Crippen molar-refractivity contribution >= 4 is 33.0 Å². The molecule has 1 saturated heterocycles. The Balaban J connectivity index is 1.67. The minimum atomic E-state index is -3.24. The number of hydrogen-bond donors (Lipinski definition) is 0. The van der Waals surface area contributed by atoms with Crippen molar-refractivity contribution in [1.29, 1.82) is 0 Å². The van der Waals surface area contributed by atoms with Crippen molar-refractivity contribution in [2.45, 2.75) is 36.8 Å². The number of sulfone groups is 1. The van der Waals surface area contributed by atoms with Gasteiger partial charge in [0.15, 0.2) is 9.84 Å².